The van der Waals surface area contributed by atoms with Gasteiger partial charge in [0.1, 0.15) is 5.82 Å². The van der Waals surface area contributed by atoms with Crippen molar-refractivity contribution in [2.75, 3.05) is 11.9 Å². The summed E-state index contributed by atoms with van der Waals surface area (Å²) >= 11 is 0. The topological polar surface area (TPSA) is 84.3 Å². The SMILES string of the molecule is O=C(CCNC1CC1)Nc1cc(F)cc([N+](=O)[O-])c1. The van der Waals surface area contributed by atoms with Gasteiger partial charge in [0, 0.05) is 25.1 Å². The first-order valence-electron chi connectivity index (χ1n) is 6.03. The number of rotatable bonds is 6. The van der Waals surface area contributed by atoms with E-state index < -0.39 is 10.7 Å². The summed E-state index contributed by atoms with van der Waals surface area (Å²) in [5.41, 5.74) is -0.283. The number of non-ortho nitro benzene ring substituents is 1. The number of nitro groups is 1. The molecule has 1 aromatic rings. The van der Waals surface area contributed by atoms with Crippen LogP contribution in [0.5, 0.6) is 0 Å². The third-order valence-electron chi connectivity index (χ3n) is 2.74. The second-order valence-electron chi connectivity index (χ2n) is 4.48. The highest BCUT2D eigenvalue weighted by atomic mass is 19.1. The Morgan fingerprint density at radius 3 is 2.79 bits per heavy atom. The molecule has 0 bridgehead atoms. The second kappa shape index (κ2) is 5.75. The van der Waals surface area contributed by atoms with Gasteiger partial charge in [0.25, 0.3) is 5.69 Å². The van der Waals surface area contributed by atoms with Crippen molar-refractivity contribution in [2.24, 2.45) is 0 Å². The van der Waals surface area contributed by atoms with E-state index in [1.54, 1.807) is 0 Å². The zero-order chi connectivity index (χ0) is 13.8. The monoisotopic (exact) mass is 267 g/mol. The van der Waals surface area contributed by atoms with Crippen LogP contribution in [0.3, 0.4) is 0 Å². The van der Waals surface area contributed by atoms with Crippen LogP contribution in [0.25, 0.3) is 0 Å². The zero-order valence-electron chi connectivity index (χ0n) is 10.2. The molecule has 6 nitrogen and oxygen atoms in total. The van der Waals surface area contributed by atoms with Gasteiger partial charge in [-0.2, -0.15) is 0 Å². The fraction of sp³-hybridized carbons (Fsp3) is 0.417. The predicted molar refractivity (Wildman–Crippen MR) is 67.3 cm³/mol. The molecule has 0 atom stereocenters. The lowest BCUT2D eigenvalue weighted by Crippen LogP contribution is -2.23. The Balaban J connectivity index is 1.89. The third kappa shape index (κ3) is 4.29. The summed E-state index contributed by atoms with van der Waals surface area (Å²) in [6, 6.07) is 3.52. The molecule has 0 radical (unpaired) electrons. The number of anilines is 1. The highest BCUT2D eigenvalue weighted by molar-refractivity contribution is 5.91. The summed E-state index contributed by atoms with van der Waals surface area (Å²) in [7, 11) is 0. The Morgan fingerprint density at radius 2 is 2.16 bits per heavy atom. The lowest BCUT2D eigenvalue weighted by molar-refractivity contribution is -0.385. The van der Waals surface area contributed by atoms with Gasteiger partial charge in [0.15, 0.2) is 0 Å². The van der Waals surface area contributed by atoms with E-state index in [4.69, 9.17) is 0 Å². The largest absolute Gasteiger partial charge is 0.326 e. The van der Waals surface area contributed by atoms with Crippen molar-refractivity contribution in [3.8, 4) is 0 Å². The van der Waals surface area contributed by atoms with Crippen LogP contribution in [0.4, 0.5) is 15.8 Å². The fourth-order valence-corrected chi connectivity index (χ4v) is 1.65. The first kappa shape index (κ1) is 13.4. The van der Waals surface area contributed by atoms with Crippen LogP contribution in [0, 0.1) is 15.9 Å². The molecule has 1 saturated carbocycles. The number of carbonyl (C=O) groups is 1. The minimum Gasteiger partial charge on any atom is -0.326 e. The molecule has 0 aromatic heterocycles. The van der Waals surface area contributed by atoms with Crippen molar-refractivity contribution in [1.82, 2.24) is 5.32 Å². The molecule has 0 unspecified atom stereocenters. The van der Waals surface area contributed by atoms with Gasteiger partial charge >= 0.3 is 0 Å². The van der Waals surface area contributed by atoms with E-state index in [0.29, 0.717) is 12.6 Å². The molecule has 1 aliphatic rings. The van der Waals surface area contributed by atoms with Gasteiger partial charge in [-0.3, -0.25) is 14.9 Å². The summed E-state index contributed by atoms with van der Waals surface area (Å²) in [5, 5.41) is 16.2. The minimum absolute atomic E-state index is 0.100. The summed E-state index contributed by atoms with van der Waals surface area (Å²) in [6.45, 7) is 0.550. The van der Waals surface area contributed by atoms with E-state index >= 15 is 0 Å². The second-order valence-corrected chi connectivity index (χ2v) is 4.48. The summed E-state index contributed by atoms with van der Waals surface area (Å²) in [5.74, 6) is -1.05. The molecule has 0 saturated heterocycles. The van der Waals surface area contributed by atoms with Crippen molar-refractivity contribution < 1.29 is 14.1 Å². The highest BCUT2D eigenvalue weighted by Gasteiger charge is 2.20. The quantitative estimate of drug-likeness (QED) is 0.608. The van der Waals surface area contributed by atoms with E-state index in [-0.39, 0.29) is 23.7 Å². The van der Waals surface area contributed by atoms with Crippen LogP contribution in [-0.2, 0) is 4.79 Å². The van der Waals surface area contributed by atoms with Crippen LogP contribution in [-0.4, -0.2) is 23.4 Å². The Bertz CT molecular complexity index is 503. The Labute approximate surface area is 109 Å². The summed E-state index contributed by atoms with van der Waals surface area (Å²) < 4.78 is 13.1. The van der Waals surface area contributed by atoms with Crippen molar-refractivity contribution in [3.05, 3.63) is 34.1 Å². The maximum atomic E-state index is 13.1. The Kier molecular flexibility index (Phi) is 4.06. The number of nitrogens with one attached hydrogen (secondary N) is 2. The van der Waals surface area contributed by atoms with Gasteiger partial charge in [-0.25, -0.2) is 4.39 Å². The number of hydrogen-bond donors (Lipinski definition) is 2. The Morgan fingerprint density at radius 1 is 1.42 bits per heavy atom. The summed E-state index contributed by atoms with van der Waals surface area (Å²) in [4.78, 5) is 21.4. The summed E-state index contributed by atoms with van der Waals surface area (Å²) in [6.07, 6.45) is 2.52. The average molecular weight is 267 g/mol. The van der Waals surface area contributed by atoms with Crippen molar-refractivity contribution in [1.29, 1.82) is 0 Å². The van der Waals surface area contributed by atoms with Gasteiger partial charge in [-0.05, 0) is 18.9 Å². The van der Waals surface area contributed by atoms with E-state index in [0.717, 1.165) is 31.0 Å². The van der Waals surface area contributed by atoms with Gasteiger partial charge in [-0.15, -0.1) is 0 Å². The minimum atomic E-state index is -0.749. The van der Waals surface area contributed by atoms with Crippen LogP contribution in [0.15, 0.2) is 18.2 Å². The molecule has 1 fully saturated rings. The molecule has 1 aliphatic carbocycles. The lowest BCUT2D eigenvalue weighted by atomic mass is 10.2. The van der Waals surface area contributed by atoms with Crippen LogP contribution < -0.4 is 10.6 Å². The number of nitrogens with zero attached hydrogens (tertiary/aromatic N) is 1. The number of halogens is 1. The molecule has 0 aliphatic heterocycles. The fourth-order valence-electron chi connectivity index (χ4n) is 1.65. The Hall–Kier alpha value is -2.02. The molecule has 0 heterocycles. The molecule has 1 amide bonds. The average Bonchev–Trinajstić information content (AvgIpc) is 3.12. The standard InChI is InChI=1S/C12H14FN3O3/c13-8-5-10(7-11(6-8)16(18)19)15-12(17)3-4-14-9-1-2-9/h5-7,9,14H,1-4H2,(H,15,17). The smallest absolute Gasteiger partial charge is 0.274 e. The number of benzene rings is 1. The molecule has 0 spiro atoms. The lowest BCUT2D eigenvalue weighted by Gasteiger charge is -2.06. The molecule has 1 aromatic carbocycles. The number of amides is 1. The maximum Gasteiger partial charge on any atom is 0.274 e. The van der Waals surface area contributed by atoms with Crippen LogP contribution >= 0.6 is 0 Å². The molecule has 2 rings (SSSR count). The molecule has 102 valence electrons. The highest BCUT2D eigenvalue weighted by Crippen LogP contribution is 2.20. The number of nitro benzene ring substituents is 1. The van der Waals surface area contributed by atoms with Crippen molar-refractivity contribution in [3.63, 3.8) is 0 Å². The molecular weight excluding hydrogens is 253 g/mol. The normalized spacial score (nSPS) is 14.2. The maximum absolute atomic E-state index is 13.1. The van der Waals surface area contributed by atoms with Crippen LogP contribution in [0.2, 0.25) is 0 Å². The molecular formula is C12H14FN3O3. The first-order chi connectivity index (χ1) is 9.04. The van der Waals surface area contributed by atoms with Crippen LogP contribution in [0.1, 0.15) is 19.3 Å². The molecule has 7 heteroatoms. The van der Waals surface area contributed by atoms with Gasteiger partial charge in [-0.1, -0.05) is 0 Å². The molecule has 2 N–H and O–H groups in total. The first-order valence-corrected chi connectivity index (χ1v) is 6.03. The predicted octanol–water partition coefficient (Wildman–Crippen LogP) is 1.81. The van der Waals surface area contributed by atoms with Gasteiger partial charge < -0.3 is 10.6 Å². The van der Waals surface area contributed by atoms with E-state index in [2.05, 4.69) is 10.6 Å². The van der Waals surface area contributed by atoms with E-state index in [1.165, 1.54) is 0 Å². The number of hydrogen-bond acceptors (Lipinski definition) is 4. The van der Waals surface area contributed by atoms with E-state index in [1.807, 2.05) is 0 Å². The van der Waals surface area contributed by atoms with Crippen molar-refractivity contribution in [2.45, 2.75) is 25.3 Å². The van der Waals surface area contributed by atoms with Crippen molar-refractivity contribution >= 4 is 17.3 Å². The third-order valence-corrected chi connectivity index (χ3v) is 2.74. The van der Waals surface area contributed by atoms with E-state index in [9.17, 15) is 19.3 Å². The zero-order valence-corrected chi connectivity index (χ0v) is 10.2. The molecule has 19 heavy (non-hydrogen) atoms. The van der Waals surface area contributed by atoms with Gasteiger partial charge in [0.05, 0.1) is 16.7 Å². The number of carbonyl (C=O) groups excluding carboxylic acids is 1. The van der Waals surface area contributed by atoms with Gasteiger partial charge in [0.2, 0.25) is 5.91 Å².